The van der Waals surface area contributed by atoms with E-state index in [2.05, 4.69) is 34.3 Å². The molecule has 4 amide bonds. The molecule has 0 saturated carbocycles. The number of nitrogens with one attached hydrogen (secondary N) is 1. The number of nitrogens with zero attached hydrogens (tertiary/aromatic N) is 1. The van der Waals surface area contributed by atoms with Gasteiger partial charge in [-0.2, -0.15) is 0 Å². The smallest absolute Gasteiger partial charge is 0.337 e. The van der Waals surface area contributed by atoms with Gasteiger partial charge in [-0.15, -0.1) is 0 Å². The van der Waals surface area contributed by atoms with Gasteiger partial charge < -0.3 is 14.2 Å². The van der Waals surface area contributed by atoms with Crippen molar-refractivity contribution in [3.63, 3.8) is 0 Å². The number of ether oxygens (including phenoxy) is 3. The normalized spacial score (nSPS) is 14.3. The first-order valence-corrected chi connectivity index (χ1v) is 12.7. The molecule has 1 fully saturated rings. The number of barbiturate groups is 1. The van der Waals surface area contributed by atoms with Crippen molar-refractivity contribution in [2.24, 2.45) is 0 Å². The molecule has 1 aliphatic rings. The minimum Gasteiger partial charge on any atom is -0.493 e. The van der Waals surface area contributed by atoms with Crippen molar-refractivity contribution in [3.8, 4) is 11.5 Å². The molecule has 1 heterocycles. The Hall–Kier alpha value is -5.44. The van der Waals surface area contributed by atoms with Crippen LogP contribution in [0.2, 0.25) is 0 Å². The van der Waals surface area contributed by atoms with Crippen molar-refractivity contribution in [1.82, 2.24) is 5.32 Å². The molecule has 41 heavy (non-hydrogen) atoms. The number of imide groups is 2. The summed E-state index contributed by atoms with van der Waals surface area (Å²) in [6.45, 7) is 2.35. The van der Waals surface area contributed by atoms with Crippen LogP contribution in [0.5, 0.6) is 11.5 Å². The van der Waals surface area contributed by atoms with E-state index in [1.807, 2.05) is 19.1 Å². The van der Waals surface area contributed by atoms with Crippen LogP contribution in [-0.2, 0) is 20.9 Å². The SMILES string of the molecule is COC(=O)c1ccc(N2C(=O)NC(=O)/C(=C\c3ccc(OCc4c(C)ccc5ccccc45)c(OC)c3)C2=O)cc1. The number of anilines is 1. The molecule has 0 radical (unpaired) electrons. The standard InChI is InChI=1S/C32H26N2O7/c1-19-8-10-21-6-4-5-7-24(21)26(19)18-41-27-15-9-20(17-28(27)39-2)16-25-29(35)33-32(38)34(30(25)36)23-13-11-22(12-14-23)31(37)40-3/h4-17H,18H2,1-3H3,(H,33,35,38)/b25-16+. The largest absolute Gasteiger partial charge is 0.493 e. The van der Waals surface area contributed by atoms with Crippen LogP contribution in [0.3, 0.4) is 0 Å². The molecule has 4 aromatic rings. The van der Waals surface area contributed by atoms with Crippen LogP contribution in [-0.4, -0.2) is 38.0 Å². The number of fused-ring (bicyclic) bond motifs is 1. The van der Waals surface area contributed by atoms with Crippen molar-refractivity contribution < 1.29 is 33.4 Å². The first-order valence-electron chi connectivity index (χ1n) is 12.7. The highest BCUT2D eigenvalue weighted by Gasteiger charge is 2.37. The first kappa shape index (κ1) is 27.1. The van der Waals surface area contributed by atoms with Gasteiger partial charge in [0.25, 0.3) is 11.8 Å². The van der Waals surface area contributed by atoms with Gasteiger partial charge in [-0.1, -0.05) is 42.5 Å². The Morgan fingerprint density at radius 2 is 1.66 bits per heavy atom. The number of urea groups is 1. The molecular formula is C32H26N2O7. The lowest BCUT2D eigenvalue weighted by Crippen LogP contribution is -2.54. The summed E-state index contributed by atoms with van der Waals surface area (Å²) < 4.78 is 16.4. The summed E-state index contributed by atoms with van der Waals surface area (Å²) in [6, 6.07) is 22.0. The number of hydrogen-bond acceptors (Lipinski definition) is 7. The molecule has 0 aromatic heterocycles. The summed E-state index contributed by atoms with van der Waals surface area (Å²) in [5, 5.41) is 4.41. The molecule has 1 N–H and O–H groups in total. The van der Waals surface area contributed by atoms with Gasteiger partial charge in [0.15, 0.2) is 11.5 Å². The van der Waals surface area contributed by atoms with E-state index in [0.29, 0.717) is 23.7 Å². The third kappa shape index (κ3) is 5.38. The number of esters is 1. The van der Waals surface area contributed by atoms with Gasteiger partial charge in [0, 0.05) is 5.56 Å². The number of hydrogen-bond donors (Lipinski definition) is 1. The van der Waals surface area contributed by atoms with Gasteiger partial charge in [-0.05, 0) is 71.3 Å². The van der Waals surface area contributed by atoms with Crippen LogP contribution in [0, 0.1) is 6.92 Å². The van der Waals surface area contributed by atoms with Crippen molar-refractivity contribution >= 4 is 46.4 Å². The average molecular weight is 551 g/mol. The van der Waals surface area contributed by atoms with E-state index in [9.17, 15) is 19.2 Å². The quantitative estimate of drug-likeness (QED) is 0.192. The van der Waals surface area contributed by atoms with Crippen LogP contribution in [0.15, 0.2) is 84.4 Å². The fourth-order valence-corrected chi connectivity index (χ4v) is 4.60. The zero-order valence-electron chi connectivity index (χ0n) is 22.6. The number of methoxy groups -OCH3 is 2. The zero-order valence-corrected chi connectivity index (χ0v) is 22.6. The van der Waals surface area contributed by atoms with E-state index in [0.717, 1.165) is 26.8 Å². The molecule has 0 bridgehead atoms. The summed E-state index contributed by atoms with van der Waals surface area (Å²) in [5.74, 6) is -1.30. The maximum absolute atomic E-state index is 13.3. The Balaban J connectivity index is 1.40. The lowest BCUT2D eigenvalue weighted by Gasteiger charge is -2.26. The van der Waals surface area contributed by atoms with Crippen molar-refractivity contribution in [2.45, 2.75) is 13.5 Å². The van der Waals surface area contributed by atoms with E-state index in [-0.39, 0.29) is 16.8 Å². The predicted octanol–water partition coefficient (Wildman–Crippen LogP) is 5.19. The van der Waals surface area contributed by atoms with Crippen LogP contribution < -0.4 is 19.7 Å². The molecule has 1 aliphatic heterocycles. The first-order chi connectivity index (χ1) is 19.8. The monoisotopic (exact) mass is 550 g/mol. The fourth-order valence-electron chi connectivity index (χ4n) is 4.60. The number of rotatable bonds is 7. The van der Waals surface area contributed by atoms with Crippen molar-refractivity contribution in [3.05, 3.63) is 107 Å². The number of amides is 4. The molecule has 9 heteroatoms. The molecule has 0 unspecified atom stereocenters. The second-order valence-electron chi connectivity index (χ2n) is 9.28. The van der Waals surface area contributed by atoms with Crippen LogP contribution in [0.1, 0.15) is 27.0 Å². The molecule has 9 nitrogen and oxygen atoms in total. The Bertz CT molecular complexity index is 1720. The number of aryl methyl sites for hydroxylation is 1. The molecule has 5 rings (SSSR count). The number of carbonyl (C=O) groups excluding carboxylic acids is 4. The zero-order chi connectivity index (χ0) is 29.1. The van der Waals surface area contributed by atoms with E-state index >= 15 is 0 Å². The van der Waals surface area contributed by atoms with Gasteiger partial charge >= 0.3 is 12.0 Å². The van der Waals surface area contributed by atoms with Gasteiger partial charge in [-0.25, -0.2) is 14.5 Å². The highest BCUT2D eigenvalue weighted by Crippen LogP contribution is 2.32. The number of benzene rings is 4. The predicted molar refractivity (Wildman–Crippen MR) is 153 cm³/mol. The molecule has 0 aliphatic carbocycles. The second-order valence-corrected chi connectivity index (χ2v) is 9.28. The van der Waals surface area contributed by atoms with Crippen LogP contribution >= 0.6 is 0 Å². The Morgan fingerprint density at radius 3 is 2.39 bits per heavy atom. The van der Waals surface area contributed by atoms with E-state index in [1.165, 1.54) is 44.6 Å². The molecule has 0 atom stereocenters. The Morgan fingerprint density at radius 1 is 0.902 bits per heavy atom. The van der Waals surface area contributed by atoms with E-state index < -0.39 is 23.8 Å². The summed E-state index contributed by atoms with van der Waals surface area (Å²) in [5.41, 5.74) is 2.84. The summed E-state index contributed by atoms with van der Waals surface area (Å²) in [4.78, 5) is 51.0. The van der Waals surface area contributed by atoms with Crippen molar-refractivity contribution in [2.75, 3.05) is 19.1 Å². The Kier molecular flexibility index (Phi) is 7.51. The van der Waals surface area contributed by atoms with Crippen molar-refractivity contribution in [1.29, 1.82) is 0 Å². The third-order valence-corrected chi connectivity index (χ3v) is 6.79. The molecular weight excluding hydrogens is 524 g/mol. The maximum Gasteiger partial charge on any atom is 0.337 e. The highest BCUT2D eigenvalue weighted by molar-refractivity contribution is 6.39. The second kappa shape index (κ2) is 11.4. The average Bonchev–Trinajstić information content (AvgIpc) is 2.99. The summed E-state index contributed by atoms with van der Waals surface area (Å²) in [7, 11) is 2.75. The summed E-state index contributed by atoms with van der Waals surface area (Å²) in [6.07, 6.45) is 1.38. The van der Waals surface area contributed by atoms with Crippen LogP contribution in [0.25, 0.3) is 16.8 Å². The molecule has 0 spiro atoms. The van der Waals surface area contributed by atoms with Gasteiger partial charge in [0.05, 0.1) is 25.5 Å². The minimum atomic E-state index is -0.895. The molecule has 1 saturated heterocycles. The molecule has 4 aromatic carbocycles. The highest BCUT2D eigenvalue weighted by atomic mass is 16.5. The Labute approximate surface area is 235 Å². The van der Waals surface area contributed by atoms with Gasteiger partial charge in [0.2, 0.25) is 0 Å². The molecule has 206 valence electrons. The lowest BCUT2D eigenvalue weighted by atomic mass is 10.0. The van der Waals surface area contributed by atoms with Crippen LogP contribution in [0.4, 0.5) is 10.5 Å². The maximum atomic E-state index is 13.3. The fraction of sp³-hybridized carbons (Fsp3) is 0.125. The topological polar surface area (TPSA) is 111 Å². The van der Waals surface area contributed by atoms with Gasteiger partial charge in [0.1, 0.15) is 12.2 Å². The third-order valence-electron chi connectivity index (χ3n) is 6.79. The summed E-state index contributed by atoms with van der Waals surface area (Å²) >= 11 is 0. The van der Waals surface area contributed by atoms with E-state index in [4.69, 9.17) is 9.47 Å². The van der Waals surface area contributed by atoms with E-state index in [1.54, 1.807) is 18.2 Å². The minimum absolute atomic E-state index is 0.184. The number of carbonyl (C=O) groups is 4. The lowest BCUT2D eigenvalue weighted by molar-refractivity contribution is -0.122. The van der Waals surface area contributed by atoms with Gasteiger partial charge in [-0.3, -0.25) is 14.9 Å².